The summed E-state index contributed by atoms with van der Waals surface area (Å²) < 4.78 is 1.22. The van der Waals surface area contributed by atoms with Crippen LogP contribution in [0.15, 0.2) is 11.0 Å². The number of aromatic nitrogens is 2. The quantitative estimate of drug-likeness (QED) is 0.806. The number of nitrogens with one attached hydrogen (secondary N) is 1. The van der Waals surface area contributed by atoms with E-state index in [4.69, 9.17) is 18.0 Å². The van der Waals surface area contributed by atoms with Crippen molar-refractivity contribution in [1.29, 1.82) is 0 Å². The molecule has 1 aromatic rings. The molecule has 0 aliphatic carbocycles. The molecule has 4 nitrogen and oxygen atoms in total. The molecule has 1 rings (SSSR count). The minimum Gasteiger partial charge on any atom is -0.377 e. The molecule has 0 saturated carbocycles. The molecule has 1 unspecified atom stereocenters. The van der Waals surface area contributed by atoms with Crippen molar-refractivity contribution in [2.24, 2.45) is 0 Å². The van der Waals surface area contributed by atoms with Crippen molar-refractivity contribution in [3.05, 3.63) is 21.6 Å². The molecule has 0 aromatic carbocycles. The van der Waals surface area contributed by atoms with Crippen molar-refractivity contribution in [3.63, 3.8) is 0 Å². The van der Waals surface area contributed by atoms with E-state index in [0.717, 1.165) is 19.3 Å². The van der Waals surface area contributed by atoms with Gasteiger partial charge in [-0.15, -0.1) is 6.42 Å². The monoisotopic (exact) mass is 267 g/mol. The third-order valence-electron chi connectivity index (χ3n) is 2.62. The SMILES string of the molecule is C#CCn1ncc(Cl)c(NC(C)CCCC)c1=O. The zero-order valence-corrected chi connectivity index (χ0v) is 11.5. The Morgan fingerprint density at radius 2 is 2.39 bits per heavy atom. The fraction of sp³-hybridized carbons (Fsp3) is 0.538. The van der Waals surface area contributed by atoms with E-state index in [2.05, 4.69) is 23.3 Å². The number of halogens is 1. The van der Waals surface area contributed by atoms with Gasteiger partial charge in [0, 0.05) is 6.04 Å². The average Bonchev–Trinajstić information content (AvgIpc) is 2.35. The van der Waals surface area contributed by atoms with Gasteiger partial charge in [0.15, 0.2) is 0 Å². The maximum absolute atomic E-state index is 12.0. The summed E-state index contributed by atoms with van der Waals surface area (Å²) in [5, 5.41) is 7.36. The van der Waals surface area contributed by atoms with Crippen molar-refractivity contribution in [3.8, 4) is 12.3 Å². The van der Waals surface area contributed by atoms with Gasteiger partial charge >= 0.3 is 0 Å². The first kappa shape index (κ1) is 14.6. The van der Waals surface area contributed by atoms with Crippen LogP contribution in [-0.4, -0.2) is 15.8 Å². The van der Waals surface area contributed by atoms with Crippen molar-refractivity contribution in [2.45, 2.75) is 45.7 Å². The van der Waals surface area contributed by atoms with E-state index in [-0.39, 0.29) is 18.1 Å². The van der Waals surface area contributed by atoms with Gasteiger partial charge in [-0.1, -0.05) is 37.3 Å². The predicted octanol–water partition coefficient (Wildman–Crippen LogP) is 2.52. The Hall–Kier alpha value is -1.47. The smallest absolute Gasteiger partial charge is 0.292 e. The standard InChI is InChI=1S/C13H18ClN3O/c1-4-6-7-10(3)16-12-11(14)9-15-17(8-5-2)13(12)18/h2,9-10,16H,4,6-8H2,1,3H3. The van der Waals surface area contributed by atoms with Crippen molar-refractivity contribution in [1.82, 2.24) is 9.78 Å². The third-order valence-corrected chi connectivity index (χ3v) is 2.91. The molecule has 0 fully saturated rings. The van der Waals surface area contributed by atoms with E-state index < -0.39 is 0 Å². The van der Waals surface area contributed by atoms with Crippen LogP contribution in [0.3, 0.4) is 0 Å². The average molecular weight is 268 g/mol. The molecule has 0 radical (unpaired) electrons. The zero-order chi connectivity index (χ0) is 13.5. The highest BCUT2D eigenvalue weighted by Gasteiger charge is 2.11. The number of hydrogen-bond acceptors (Lipinski definition) is 3. The largest absolute Gasteiger partial charge is 0.377 e. The summed E-state index contributed by atoms with van der Waals surface area (Å²) in [5.41, 5.74) is 0.106. The minimum atomic E-state index is -0.274. The van der Waals surface area contributed by atoms with E-state index in [9.17, 15) is 4.79 Å². The van der Waals surface area contributed by atoms with Crippen molar-refractivity contribution >= 4 is 17.3 Å². The Bertz CT molecular complexity index is 490. The molecule has 0 saturated heterocycles. The number of hydrogen-bond donors (Lipinski definition) is 1. The second kappa shape index (κ2) is 7.07. The maximum Gasteiger partial charge on any atom is 0.292 e. The van der Waals surface area contributed by atoms with Crippen LogP contribution in [0.4, 0.5) is 5.69 Å². The number of nitrogens with zero attached hydrogens (tertiary/aromatic N) is 2. The van der Waals surface area contributed by atoms with Gasteiger partial charge in [-0.2, -0.15) is 5.10 Å². The van der Waals surface area contributed by atoms with Gasteiger partial charge in [-0.25, -0.2) is 4.68 Å². The van der Waals surface area contributed by atoms with Crippen LogP contribution in [0.5, 0.6) is 0 Å². The van der Waals surface area contributed by atoms with Gasteiger partial charge < -0.3 is 5.32 Å². The van der Waals surface area contributed by atoms with Crippen LogP contribution in [0, 0.1) is 12.3 Å². The van der Waals surface area contributed by atoms with Gasteiger partial charge in [0.1, 0.15) is 12.2 Å². The Morgan fingerprint density at radius 3 is 3.00 bits per heavy atom. The Balaban J connectivity index is 2.91. The number of anilines is 1. The fourth-order valence-electron chi connectivity index (χ4n) is 1.63. The summed E-state index contributed by atoms with van der Waals surface area (Å²) in [4.78, 5) is 12.0. The maximum atomic E-state index is 12.0. The van der Waals surface area contributed by atoms with Gasteiger partial charge in [0.05, 0.1) is 11.2 Å². The number of terminal acetylenes is 1. The highest BCUT2D eigenvalue weighted by Crippen LogP contribution is 2.17. The zero-order valence-electron chi connectivity index (χ0n) is 10.7. The topological polar surface area (TPSA) is 46.9 Å². The molecule has 0 spiro atoms. The molecule has 5 heteroatoms. The van der Waals surface area contributed by atoms with Crippen LogP contribution in [0.1, 0.15) is 33.1 Å². The van der Waals surface area contributed by atoms with Crippen molar-refractivity contribution < 1.29 is 0 Å². The van der Waals surface area contributed by atoms with Crippen LogP contribution in [0.25, 0.3) is 0 Å². The molecule has 0 amide bonds. The van der Waals surface area contributed by atoms with Crippen LogP contribution in [-0.2, 0) is 6.54 Å². The van der Waals surface area contributed by atoms with E-state index in [1.165, 1.54) is 10.9 Å². The lowest BCUT2D eigenvalue weighted by Crippen LogP contribution is -2.28. The molecular formula is C13H18ClN3O. The molecular weight excluding hydrogens is 250 g/mol. The predicted molar refractivity (Wildman–Crippen MR) is 74.9 cm³/mol. The van der Waals surface area contributed by atoms with Crippen molar-refractivity contribution in [2.75, 3.05) is 5.32 Å². The van der Waals surface area contributed by atoms with E-state index >= 15 is 0 Å². The van der Waals surface area contributed by atoms with E-state index in [1.807, 2.05) is 6.92 Å². The lowest BCUT2D eigenvalue weighted by molar-refractivity contribution is 0.633. The molecule has 98 valence electrons. The molecule has 18 heavy (non-hydrogen) atoms. The first-order valence-electron chi connectivity index (χ1n) is 6.05. The Labute approximate surface area is 112 Å². The van der Waals surface area contributed by atoms with Gasteiger partial charge in [-0.3, -0.25) is 4.79 Å². The first-order chi connectivity index (χ1) is 8.60. The fourth-order valence-corrected chi connectivity index (χ4v) is 1.81. The number of rotatable bonds is 6. The first-order valence-corrected chi connectivity index (χ1v) is 6.43. The second-order valence-electron chi connectivity index (χ2n) is 4.22. The Morgan fingerprint density at radius 1 is 1.67 bits per heavy atom. The summed E-state index contributed by atoms with van der Waals surface area (Å²) in [6, 6.07) is 0.192. The normalized spacial score (nSPS) is 11.9. The van der Waals surface area contributed by atoms with Gasteiger partial charge in [0.25, 0.3) is 5.56 Å². The second-order valence-corrected chi connectivity index (χ2v) is 4.63. The minimum absolute atomic E-state index is 0.147. The summed E-state index contributed by atoms with van der Waals surface area (Å²) in [7, 11) is 0. The summed E-state index contributed by atoms with van der Waals surface area (Å²) in [6.07, 6.45) is 9.84. The molecule has 1 aromatic heterocycles. The number of unbranched alkanes of at least 4 members (excludes halogenated alkanes) is 1. The molecule has 1 N–H and O–H groups in total. The molecule has 0 bridgehead atoms. The lowest BCUT2D eigenvalue weighted by Gasteiger charge is -2.15. The molecule has 0 aliphatic heterocycles. The van der Waals surface area contributed by atoms with Crippen LogP contribution < -0.4 is 10.9 Å². The third kappa shape index (κ3) is 3.78. The summed E-state index contributed by atoms with van der Waals surface area (Å²) >= 11 is 5.99. The molecule has 1 atom stereocenters. The molecule has 0 aliphatic rings. The summed E-state index contributed by atoms with van der Waals surface area (Å²) in [5.74, 6) is 2.39. The highest BCUT2D eigenvalue weighted by molar-refractivity contribution is 6.33. The van der Waals surface area contributed by atoms with Gasteiger partial charge in [0.2, 0.25) is 0 Å². The Kier molecular flexibility index (Phi) is 5.73. The van der Waals surface area contributed by atoms with Gasteiger partial charge in [-0.05, 0) is 13.3 Å². The highest BCUT2D eigenvalue weighted by atomic mass is 35.5. The van der Waals surface area contributed by atoms with Crippen LogP contribution in [0.2, 0.25) is 5.02 Å². The van der Waals surface area contributed by atoms with E-state index in [1.54, 1.807) is 0 Å². The van der Waals surface area contributed by atoms with Crippen LogP contribution >= 0.6 is 11.6 Å². The lowest BCUT2D eigenvalue weighted by atomic mass is 10.1. The van der Waals surface area contributed by atoms with E-state index in [0.29, 0.717) is 10.7 Å². The molecule has 1 heterocycles. The summed E-state index contributed by atoms with van der Waals surface area (Å²) in [6.45, 7) is 4.30.